The standard InChI is InChI=1S/C14H14N4OS/c1-19-12-6-8-15-14(18-12)16-9-7-13-17-10-4-2-3-5-11(10)20-13/h2-6,8H,7,9H2,1H3,(H,15,16,18). The Kier molecular flexibility index (Phi) is 3.73. The summed E-state index contributed by atoms with van der Waals surface area (Å²) in [7, 11) is 1.59. The zero-order valence-corrected chi connectivity index (χ0v) is 11.9. The number of aromatic nitrogens is 3. The van der Waals surface area contributed by atoms with Crippen LogP contribution in [0.25, 0.3) is 10.2 Å². The molecule has 0 spiro atoms. The summed E-state index contributed by atoms with van der Waals surface area (Å²) in [6.45, 7) is 0.743. The molecule has 0 saturated carbocycles. The van der Waals surface area contributed by atoms with E-state index >= 15 is 0 Å². The van der Waals surface area contributed by atoms with Gasteiger partial charge in [-0.05, 0) is 12.1 Å². The molecule has 5 nitrogen and oxygen atoms in total. The van der Waals surface area contributed by atoms with E-state index in [1.165, 1.54) is 4.70 Å². The second-order valence-corrected chi connectivity index (χ2v) is 5.29. The van der Waals surface area contributed by atoms with Crippen LogP contribution >= 0.6 is 11.3 Å². The maximum atomic E-state index is 5.06. The number of hydrogen-bond donors (Lipinski definition) is 1. The second-order valence-electron chi connectivity index (χ2n) is 4.17. The average Bonchev–Trinajstić information content (AvgIpc) is 2.90. The van der Waals surface area contributed by atoms with Gasteiger partial charge in [0.2, 0.25) is 11.8 Å². The molecule has 0 unspecified atom stereocenters. The van der Waals surface area contributed by atoms with Gasteiger partial charge in [0, 0.05) is 25.2 Å². The lowest BCUT2D eigenvalue weighted by Crippen LogP contribution is -2.08. The van der Waals surface area contributed by atoms with E-state index in [2.05, 4.69) is 26.3 Å². The number of thiazole rings is 1. The van der Waals surface area contributed by atoms with Gasteiger partial charge in [-0.1, -0.05) is 12.1 Å². The predicted octanol–water partition coefficient (Wildman–Crippen LogP) is 2.75. The zero-order valence-electron chi connectivity index (χ0n) is 11.0. The zero-order chi connectivity index (χ0) is 13.8. The van der Waals surface area contributed by atoms with Crippen LogP contribution in [-0.2, 0) is 6.42 Å². The molecule has 0 radical (unpaired) electrons. The number of nitrogens with one attached hydrogen (secondary N) is 1. The molecule has 3 aromatic rings. The molecule has 6 heteroatoms. The van der Waals surface area contributed by atoms with Crippen LogP contribution in [-0.4, -0.2) is 28.6 Å². The Bertz CT molecular complexity index is 680. The predicted molar refractivity (Wildman–Crippen MR) is 80.4 cm³/mol. The van der Waals surface area contributed by atoms with E-state index < -0.39 is 0 Å². The molecule has 2 heterocycles. The lowest BCUT2D eigenvalue weighted by Gasteiger charge is -2.04. The minimum atomic E-state index is 0.558. The summed E-state index contributed by atoms with van der Waals surface area (Å²) in [5.74, 6) is 1.13. The van der Waals surface area contributed by atoms with E-state index in [9.17, 15) is 0 Å². The molecule has 0 aliphatic carbocycles. The molecule has 3 rings (SSSR count). The Balaban J connectivity index is 1.61. The van der Waals surface area contributed by atoms with E-state index in [4.69, 9.17) is 4.74 Å². The Morgan fingerprint density at radius 2 is 2.10 bits per heavy atom. The van der Waals surface area contributed by atoms with Crippen molar-refractivity contribution in [1.29, 1.82) is 0 Å². The monoisotopic (exact) mass is 286 g/mol. The molecule has 0 atom stereocenters. The fourth-order valence-corrected chi connectivity index (χ4v) is 2.82. The first kappa shape index (κ1) is 12.8. The third-order valence-corrected chi connectivity index (χ3v) is 3.90. The van der Waals surface area contributed by atoms with Gasteiger partial charge in [-0.25, -0.2) is 9.97 Å². The van der Waals surface area contributed by atoms with Crippen molar-refractivity contribution in [2.45, 2.75) is 6.42 Å². The number of hydrogen-bond acceptors (Lipinski definition) is 6. The molecule has 0 aliphatic rings. The summed E-state index contributed by atoms with van der Waals surface area (Å²) in [5, 5.41) is 4.29. The van der Waals surface area contributed by atoms with Gasteiger partial charge < -0.3 is 10.1 Å². The van der Waals surface area contributed by atoms with Crippen molar-refractivity contribution in [3.8, 4) is 5.88 Å². The molecule has 0 bridgehead atoms. The van der Waals surface area contributed by atoms with E-state index in [0.29, 0.717) is 11.8 Å². The number of nitrogens with zero attached hydrogens (tertiary/aromatic N) is 3. The van der Waals surface area contributed by atoms with Crippen LogP contribution in [0.15, 0.2) is 36.5 Å². The van der Waals surface area contributed by atoms with Crippen LogP contribution in [0.4, 0.5) is 5.95 Å². The second kappa shape index (κ2) is 5.83. The van der Waals surface area contributed by atoms with E-state index in [-0.39, 0.29) is 0 Å². The van der Waals surface area contributed by atoms with Crippen molar-refractivity contribution in [3.05, 3.63) is 41.5 Å². The summed E-state index contributed by atoms with van der Waals surface area (Å²) < 4.78 is 6.28. The number of fused-ring (bicyclic) bond motifs is 1. The SMILES string of the molecule is COc1ccnc(NCCc2nc3ccccc3s2)n1. The summed E-state index contributed by atoms with van der Waals surface area (Å²) >= 11 is 1.72. The van der Waals surface area contributed by atoms with E-state index in [1.807, 2.05) is 18.2 Å². The first-order valence-corrected chi connectivity index (χ1v) is 7.12. The number of benzene rings is 1. The number of para-hydroxylation sites is 1. The Morgan fingerprint density at radius 1 is 1.20 bits per heavy atom. The molecule has 0 aliphatic heterocycles. The third kappa shape index (κ3) is 2.85. The van der Waals surface area contributed by atoms with Crippen molar-refractivity contribution in [1.82, 2.24) is 15.0 Å². The summed E-state index contributed by atoms with van der Waals surface area (Å²) in [5.41, 5.74) is 1.06. The highest BCUT2D eigenvalue weighted by atomic mass is 32.1. The summed E-state index contributed by atoms with van der Waals surface area (Å²) in [4.78, 5) is 12.9. The molecule has 0 saturated heterocycles. The maximum Gasteiger partial charge on any atom is 0.225 e. The van der Waals surface area contributed by atoms with Crippen molar-refractivity contribution in [2.24, 2.45) is 0 Å². The third-order valence-electron chi connectivity index (χ3n) is 2.80. The summed E-state index contributed by atoms with van der Waals surface area (Å²) in [6, 6.07) is 9.89. The molecule has 2 aromatic heterocycles. The normalized spacial score (nSPS) is 10.7. The van der Waals surface area contributed by atoms with Gasteiger partial charge in [0.1, 0.15) is 0 Å². The quantitative estimate of drug-likeness (QED) is 0.781. The van der Waals surface area contributed by atoms with Crippen LogP contribution in [0.3, 0.4) is 0 Å². The maximum absolute atomic E-state index is 5.06. The topological polar surface area (TPSA) is 59.9 Å². The minimum Gasteiger partial charge on any atom is -0.481 e. The van der Waals surface area contributed by atoms with Crippen molar-refractivity contribution >= 4 is 27.5 Å². The van der Waals surface area contributed by atoms with Crippen molar-refractivity contribution in [3.63, 3.8) is 0 Å². The van der Waals surface area contributed by atoms with Crippen molar-refractivity contribution in [2.75, 3.05) is 19.0 Å². The molecule has 1 N–H and O–H groups in total. The lowest BCUT2D eigenvalue weighted by molar-refractivity contribution is 0.397. The van der Waals surface area contributed by atoms with Crippen LogP contribution < -0.4 is 10.1 Å². The lowest BCUT2D eigenvalue weighted by atomic mass is 10.3. The molecule has 1 aromatic carbocycles. The number of rotatable bonds is 5. The fourth-order valence-electron chi connectivity index (χ4n) is 1.85. The van der Waals surface area contributed by atoms with Gasteiger partial charge in [-0.15, -0.1) is 11.3 Å². The first-order chi connectivity index (χ1) is 9.85. The number of anilines is 1. The Hall–Kier alpha value is -2.21. The van der Waals surface area contributed by atoms with Crippen LogP contribution in [0.1, 0.15) is 5.01 Å². The van der Waals surface area contributed by atoms with Crippen LogP contribution in [0.2, 0.25) is 0 Å². The highest BCUT2D eigenvalue weighted by molar-refractivity contribution is 7.18. The number of methoxy groups -OCH3 is 1. The smallest absolute Gasteiger partial charge is 0.225 e. The highest BCUT2D eigenvalue weighted by Gasteiger charge is 2.03. The van der Waals surface area contributed by atoms with Crippen LogP contribution in [0, 0.1) is 0 Å². The van der Waals surface area contributed by atoms with E-state index in [1.54, 1.807) is 30.7 Å². The molecule has 0 fully saturated rings. The molecule has 0 amide bonds. The molecular weight excluding hydrogens is 272 g/mol. The van der Waals surface area contributed by atoms with Gasteiger partial charge >= 0.3 is 0 Å². The minimum absolute atomic E-state index is 0.558. The largest absolute Gasteiger partial charge is 0.481 e. The molecule has 20 heavy (non-hydrogen) atoms. The van der Waals surface area contributed by atoms with Gasteiger partial charge in [0.25, 0.3) is 0 Å². The Labute approximate surface area is 120 Å². The van der Waals surface area contributed by atoms with Gasteiger partial charge in [-0.2, -0.15) is 4.98 Å². The Morgan fingerprint density at radius 3 is 2.95 bits per heavy atom. The van der Waals surface area contributed by atoms with Gasteiger partial charge in [0.05, 0.1) is 22.3 Å². The molecular formula is C14H14N4OS. The average molecular weight is 286 g/mol. The highest BCUT2D eigenvalue weighted by Crippen LogP contribution is 2.21. The first-order valence-electron chi connectivity index (χ1n) is 6.30. The van der Waals surface area contributed by atoms with E-state index in [0.717, 1.165) is 23.5 Å². The summed E-state index contributed by atoms with van der Waals surface area (Å²) in [6.07, 6.45) is 2.52. The molecule has 102 valence electrons. The van der Waals surface area contributed by atoms with Crippen LogP contribution in [0.5, 0.6) is 5.88 Å². The number of ether oxygens (including phenoxy) is 1. The fraction of sp³-hybridized carbons (Fsp3) is 0.214. The van der Waals surface area contributed by atoms with Crippen molar-refractivity contribution < 1.29 is 4.74 Å². The van der Waals surface area contributed by atoms with Gasteiger partial charge in [-0.3, -0.25) is 0 Å². The van der Waals surface area contributed by atoms with Gasteiger partial charge in [0.15, 0.2) is 0 Å².